The van der Waals surface area contributed by atoms with E-state index in [1.807, 2.05) is 0 Å². The lowest BCUT2D eigenvalue weighted by atomic mass is 9.56. The van der Waals surface area contributed by atoms with E-state index >= 15 is 52.7 Å². The van der Waals surface area contributed by atoms with Crippen molar-refractivity contribution in [3.05, 3.63) is 0 Å². The standard InChI is InChI=1S/C47H72F12N4O8/c1-23(64)61-33-20-27(8-16-37(33)66)43(46(54,55)56,47(57,58)59)29-10-18-39(68)35(22-29)63-41(70)25-5-13-31(14-6-25)71-30-11-3-24(4-12-30)40(69)62-34-21-28(9-17-38(34)67)42(44(48,49)50,45(51,52)53)26-7-15-36(65)32(19-26)60-2/h24-40,60,62,65-69H,3-22H2,1-2H3,(H,61,64)(H,63,70)/t24?,25?,26?,27?,28?,29?,30?,31?,32?,33?,34?,35?,36?,37?,38?,39?,40-/m0/s1. The minimum Gasteiger partial charge on any atom is -0.392 e. The van der Waals surface area contributed by atoms with Gasteiger partial charge >= 0.3 is 24.7 Å². The molecule has 6 aliphatic carbocycles. The van der Waals surface area contributed by atoms with Gasteiger partial charge in [0.2, 0.25) is 11.8 Å². The average molecular weight is 1050 g/mol. The summed E-state index contributed by atoms with van der Waals surface area (Å²) in [6.45, 7) is 1.04. The fourth-order valence-corrected chi connectivity index (χ4v) is 14.1. The number of alkyl halides is 12. The van der Waals surface area contributed by atoms with Crippen molar-refractivity contribution in [2.45, 2.75) is 227 Å². The van der Waals surface area contributed by atoms with E-state index in [1.165, 1.54) is 7.05 Å². The Morgan fingerprint density at radius 2 is 0.817 bits per heavy atom. The van der Waals surface area contributed by atoms with Crippen LogP contribution in [0.5, 0.6) is 0 Å². The molecule has 6 fully saturated rings. The minimum absolute atomic E-state index is 0.253. The van der Waals surface area contributed by atoms with E-state index in [0.29, 0.717) is 38.5 Å². The first-order valence-electron chi connectivity index (χ1n) is 25.3. The van der Waals surface area contributed by atoms with E-state index in [4.69, 9.17) is 4.74 Å². The number of hydrogen-bond donors (Lipinski definition) is 9. The number of hydrogen-bond acceptors (Lipinski definition) is 10. The van der Waals surface area contributed by atoms with Crippen molar-refractivity contribution in [1.29, 1.82) is 0 Å². The first-order chi connectivity index (χ1) is 33.0. The zero-order valence-electron chi connectivity index (χ0n) is 40.0. The van der Waals surface area contributed by atoms with Gasteiger partial charge in [-0.1, -0.05) is 0 Å². The first-order valence-corrected chi connectivity index (χ1v) is 25.3. The Morgan fingerprint density at radius 1 is 0.479 bits per heavy atom. The van der Waals surface area contributed by atoms with Crippen LogP contribution in [0.25, 0.3) is 0 Å². The molecule has 0 aromatic rings. The second-order valence-electron chi connectivity index (χ2n) is 21.7. The van der Waals surface area contributed by atoms with Crippen LogP contribution in [0.15, 0.2) is 0 Å². The lowest BCUT2D eigenvalue weighted by molar-refractivity contribution is -0.384. The molecule has 12 unspecified atom stereocenters. The van der Waals surface area contributed by atoms with E-state index in [9.17, 15) is 35.1 Å². The highest BCUT2D eigenvalue weighted by molar-refractivity contribution is 5.79. The number of amides is 2. The Hall–Kier alpha value is -2.22. The summed E-state index contributed by atoms with van der Waals surface area (Å²) in [5, 5.41) is 63.8. The molecule has 0 aliphatic heterocycles. The van der Waals surface area contributed by atoms with Crippen LogP contribution in [-0.4, -0.2) is 136 Å². The van der Waals surface area contributed by atoms with Crippen LogP contribution in [-0.2, 0) is 14.3 Å². The van der Waals surface area contributed by atoms with Crippen molar-refractivity contribution in [1.82, 2.24) is 21.3 Å². The number of aliphatic hydroxyl groups is 5. The Balaban J connectivity index is 1.00. The van der Waals surface area contributed by atoms with E-state index in [1.54, 1.807) is 0 Å². The van der Waals surface area contributed by atoms with Gasteiger partial charge in [0.05, 0.1) is 48.7 Å². The largest absolute Gasteiger partial charge is 0.403 e. The van der Waals surface area contributed by atoms with Gasteiger partial charge in [0.15, 0.2) is 10.8 Å². The van der Waals surface area contributed by atoms with Crippen LogP contribution in [0.1, 0.15) is 135 Å². The second kappa shape index (κ2) is 22.5. The zero-order chi connectivity index (χ0) is 52.6. The van der Waals surface area contributed by atoms with E-state index in [0.717, 1.165) is 6.92 Å². The van der Waals surface area contributed by atoms with Gasteiger partial charge in [0, 0.05) is 24.9 Å². The molecule has 9 N–H and O–H groups in total. The molecule has 6 rings (SSSR count). The lowest BCUT2D eigenvalue weighted by Crippen LogP contribution is -2.64. The summed E-state index contributed by atoms with van der Waals surface area (Å²) in [7, 11) is 1.37. The molecule has 13 atom stereocenters. The van der Waals surface area contributed by atoms with E-state index in [-0.39, 0.29) is 37.9 Å². The van der Waals surface area contributed by atoms with Crippen LogP contribution in [0.4, 0.5) is 52.7 Å². The predicted octanol–water partition coefficient (Wildman–Crippen LogP) is 6.84. The normalized spacial score (nSPS) is 38.0. The number of ether oxygens (including phenoxy) is 1. The Bertz CT molecular complexity index is 1730. The van der Waals surface area contributed by atoms with Gasteiger partial charge < -0.3 is 46.2 Å². The molecule has 2 amide bonds. The summed E-state index contributed by atoms with van der Waals surface area (Å²) in [5.74, 6) is -10.5. The molecule has 0 aromatic heterocycles. The van der Waals surface area contributed by atoms with Gasteiger partial charge in [-0.25, -0.2) is 0 Å². The summed E-state index contributed by atoms with van der Waals surface area (Å²) in [6, 6.07) is -5.01. The van der Waals surface area contributed by atoms with Crippen molar-refractivity contribution >= 4 is 11.8 Å². The molecule has 0 bridgehead atoms. The lowest BCUT2D eigenvalue weighted by Gasteiger charge is -2.53. The number of aliphatic hydroxyl groups excluding tert-OH is 5. The maximum atomic E-state index is 15.1. The highest BCUT2D eigenvalue weighted by atomic mass is 19.4. The third-order valence-electron chi connectivity index (χ3n) is 17.8. The molecule has 12 nitrogen and oxygen atoms in total. The van der Waals surface area contributed by atoms with Gasteiger partial charge in [-0.15, -0.1) is 0 Å². The van der Waals surface area contributed by atoms with Crippen LogP contribution in [0.3, 0.4) is 0 Å². The van der Waals surface area contributed by atoms with Gasteiger partial charge in [-0.05, 0) is 165 Å². The molecule has 71 heavy (non-hydrogen) atoms. The van der Waals surface area contributed by atoms with Crippen molar-refractivity contribution in [3.8, 4) is 0 Å². The maximum absolute atomic E-state index is 15.1. The van der Waals surface area contributed by atoms with Crippen molar-refractivity contribution in [2.24, 2.45) is 46.3 Å². The Labute approximate surface area is 405 Å². The maximum Gasteiger partial charge on any atom is 0.403 e. The summed E-state index contributed by atoms with van der Waals surface area (Å²) in [6.07, 6.45) is -34.0. The highest BCUT2D eigenvalue weighted by Crippen LogP contribution is 2.66. The topological polar surface area (TPSA) is 193 Å². The second-order valence-corrected chi connectivity index (χ2v) is 21.7. The summed E-state index contributed by atoms with van der Waals surface area (Å²) in [4.78, 5) is 25.3. The van der Waals surface area contributed by atoms with Crippen molar-refractivity contribution in [3.63, 3.8) is 0 Å². The van der Waals surface area contributed by atoms with E-state index < -0.39 is 202 Å². The van der Waals surface area contributed by atoms with Gasteiger partial charge in [0.1, 0.15) is 6.23 Å². The van der Waals surface area contributed by atoms with Gasteiger partial charge in [-0.3, -0.25) is 14.9 Å². The van der Waals surface area contributed by atoms with Crippen molar-refractivity contribution in [2.75, 3.05) is 7.05 Å². The number of carbonyl (C=O) groups is 2. The monoisotopic (exact) mass is 1050 g/mol. The Morgan fingerprint density at radius 3 is 1.20 bits per heavy atom. The fraction of sp³-hybridized carbons (Fsp3) is 0.957. The predicted molar refractivity (Wildman–Crippen MR) is 230 cm³/mol. The third kappa shape index (κ3) is 12.1. The molecule has 0 radical (unpaired) electrons. The molecule has 0 aromatic carbocycles. The zero-order valence-corrected chi connectivity index (χ0v) is 40.0. The first kappa shape index (κ1) is 58.0. The number of likely N-dealkylation sites (N-methyl/N-ethyl adjacent to an activating group) is 1. The van der Waals surface area contributed by atoms with Gasteiger partial charge in [-0.2, -0.15) is 52.7 Å². The molecular weight excluding hydrogens is 977 g/mol. The summed E-state index contributed by atoms with van der Waals surface area (Å²) in [5.41, 5.74) is -8.37. The third-order valence-corrected chi connectivity index (χ3v) is 17.8. The number of carbonyl (C=O) groups excluding carboxylic acids is 2. The minimum atomic E-state index is -5.81. The Kier molecular flexibility index (Phi) is 18.4. The number of nitrogens with one attached hydrogen (secondary N) is 4. The number of rotatable bonds is 13. The van der Waals surface area contributed by atoms with Crippen molar-refractivity contribution < 1.29 is 92.5 Å². The molecule has 0 saturated heterocycles. The summed E-state index contributed by atoms with van der Waals surface area (Å²) >= 11 is 0. The molecule has 24 heteroatoms. The van der Waals surface area contributed by atoms with Crippen LogP contribution in [0.2, 0.25) is 0 Å². The summed E-state index contributed by atoms with van der Waals surface area (Å²) < 4.78 is 187. The molecule has 0 spiro atoms. The van der Waals surface area contributed by atoms with Crippen LogP contribution < -0.4 is 21.3 Å². The average Bonchev–Trinajstić information content (AvgIpc) is 3.26. The molecule has 6 saturated carbocycles. The fourth-order valence-electron chi connectivity index (χ4n) is 14.1. The SMILES string of the molecule is CNC1CC(C(C2CCC(O)C(N[C@@H](O)C3CCC(OC4CCC(C(=O)NC5CC(C(C6CCC(O)C(NC(C)=O)C6)(C(F)(F)F)C(F)(F)F)CCC5O)CC4)CC3)C2)(C(F)(F)F)C(F)(F)F)CCC1O. The van der Waals surface area contributed by atoms with Crippen LogP contribution >= 0.6 is 0 Å². The quantitative estimate of drug-likeness (QED) is 0.0698. The molecule has 6 aliphatic rings. The molecular formula is C47H72F12N4O8. The molecule has 0 heterocycles. The number of halogens is 12. The van der Waals surface area contributed by atoms with Gasteiger partial charge in [0.25, 0.3) is 0 Å². The smallest absolute Gasteiger partial charge is 0.392 e. The van der Waals surface area contributed by atoms with E-state index in [2.05, 4.69) is 21.3 Å². The molecule has 412 valence electrons. The van der Waals surface area contributed by atoms with Crippen LogP contribution in [0, 0.1) is 46.3 Å². The highest BCUT2D eigenvalue weighted by Gasteiger charge is 2.78.